The topological polar surface area (TPSA) is 113 Å². The van der Waals surface area contributed by atoms with Crippen molar-refractivity contribution in [2.75, 3.05) is 33.4 Å². The maximum Gasteiger partial charge on any atom is 0.258 e. The molecule has 1 fully saturated rings. The molecule has 0 aliphatic carbocycles. The SMILES string of the molecule is CN(Cc1nc2ccccc2c(=O)[nH]1)C(=O)c1ccccc1S(=O)(=O)N1CCOCC1. The molecule has 31 heavy (non-hydrogen) atoms. The summed E-state index contributed by atoms with van der Waals surface area (Å²) in [5.74, 6) is -0.170. The molecule has 1 saturated heterocycles. The van der Waals surface area contributed by atoms with Crippen LogP contribution in [0.1, 0.15) is 16.2 Å². The number of fused-ring (bicyclic) bond motifs is 1. The fraction of sp³-hybridized carbons (Fsp3) is 0.286. The van der Waals surface area contributed by atoms with Gasteiger partial charge in [-0.2, -0.15) is 4.31 Å². The summed E-state index contributed by atoms with van der Waals surface area (Å²) >= 11 is 0. The molecule has 10 heteroatoms. The number of sulfonamides is 1. The number of aromatic amines is 1. The van der Waals surface area contributed by atoms with Crippen LogP contribution < -0.4 is 5.56 Å². The molecular weight excluding hydrogens is 420 g/mol. The average molecular weight is 442 g/mol. The van der Waals surface area contributed by atoms with Crippen molar-refractivity contribution < 1.29 is 17.9 Å². The van der Waals surface area contributed by atoms with E-state index in [0.29, 0.717) is 29.9 Å². The summed E-state index contributed by atoms with van der Waals surface area (Å²) in [7, 11) is -2.31. The number of H-pyrrole nitrogens is 1. The molecule has 1 aliphatic heterocycles. The zero-order valence-electron chi connectivity index (χ0n) is 16.9. The second-order valence-corrected chi connectivity index (χ2v) is 9.11. The van der Waals surface area contributed by atoms with E-state index in [1.165, 1.54) is 28.4 Å². The van der Waals surface area contributed by atoms with Crippen molar-refractivity contribution in [3.8, 4) is 0 Å². The standard InChI is InChI=1S/C21H22N4O5S/c1-24(14-19-22-17-8-4-2-6-15(17)20(26)23-19)21(27)16-7-3-5-9-18(16)31(28,29)25-10-12-30-13-11-25/h2-9H,10-14H2,1H3,(H,22,23,26). The Balaban J connectivity index is 1.62. The van der Waals surface area contributed by atoms with Crippen LogP contribution in [0.15, 0.2) is 58.2 Å². The number of para-hydroxylation sites is 1. The number of hydrogen-bond donors (Lipinski definition) is 1. The lowest BCUT2D eigenvalue weighted by molar-refractivity contribution is 0.0727. The van der Waals surface area contributed by atoms with Gasteiger partial charge in [-0.3, -0.25) is 9.59 Å². The molecule has 0 bridgehead atoms. The molecule has 0 unspecified atom stereocenters. The molecule has 0 saturated carbocycles. The second kappa shape index (κ2) is 8.58. The lowest BCUT2D eigenvalue weighted by Gasteiger charge is -2.27. The van der Waals surface area contributed by atoms with E-state index in [-0.39, 0.29) is 35.7 Å². The maximum absolute atomic E-state index is 13.1. The Bertz CT molecular complexity index is 1280. The number of nitrogens with zero attached hydrogens (tertiary/aromatic N) is 3. The third-order valence-electron chi connectivity index (χ3n) is 5.10. The number of rotatable bonds is 5. The van der Waals surface area contributed by atoms with Gasteiger partial charge in [0.15, 0.2) is 0 Å². The number of amides is 1. The number of carbonyl (C=O) groups excluding carboxylic acids is 1. The molecular formula is C21H22N4O5S. The highest BCUT2D eigenvalue weighted by Gasteiger charge is 2.31. The third kappa shape index (κ3) is 4.22. The number of ether oxygens (including phenoxy) is 1. The summed E-state index contributed by atoms with van der Waals surface area (Å²) < 4.78 is 32.8. The molecule has 162 valence electrons. The Morgan fingerprint density at radius 1 is 1.13 bits per heavy atom. The lowest BCUT2D eigenvalue weighted by Crippen LogP contribution is -2.41. The fourth-order valence-corrected chi connectivity index (χ4v) is 5.10. The summed E-state index contributed by atoms with van der Waals surface area (Å²) in [5.41, 5.74) is 0.300. The molecule has 2 aromatic carbocycles. The highest BCUT2D eigenvalue weighted by atomic mass is 32.2. The largest absolute Gasteiger partial charge is 0.379 e. The number of morpholine rings is 1. The number of nitrogens with one attached hydrogen (secondary N) is 1. The van der Waals surface area contributed by atoms with Gasteiger partial charge in [-0.05, 0) is 24.3 Å². The number of hydrogen-bond acceptors (Lipinski definition) is 6. The first-order valence-corrected chi connectivity index (χ1v) is 11.2. The van der Waals surface area contributed by atoms with Crippen LogP contribution in [0, 0.1) is 0 Å². The molecule has 2 heterocycles. The third-order valence-corrected chi connectivity index (χ3v) is 7.06. The minimum absolute atomic E-state index is 0.0187. The summed E-state index contributed by atoms with van der Waals surface area (Å²) in [5, 5.41) is 0.460. The van der Waals surface area contributed by atoms with Gasteiger partial charge >= 0.3 is 0 Å². The smallest absolute Gasteiger partial charge is 0.258 e. The molecule has 9 nitrogen and oxygen atoms in total. The van der Waals surface area contributed by atoms with Gasteiger partial charge in [0.1, 0.15) is 5.82 Å². The van der Waals surface area contributed by atoms with Gasteiger partial charge in [-0.25, -0.2) is 13.4 Å². The minimum atomic E-state index is -3.85. The van der Waals surface area contributed by atoms with E-state index in [4.69, 9.17) is 4.74 Å². The Hall–Kier alpha value is -3.08. The molecule has 0 radical (unpaired) electrons. The Labute approximate surface area is 179 Å². The van der Waals surface area contributed by atoms with Crippen molar-refractivity contribution in [2.45, 2.75) is 11.4 Å². The quantitative estimate of drug-likeness (QED) is 0.636. The van der Waals surface area contributed by atoms with Gasteiger partial charge in [-0.1, -0.05) is 24.3 Å². The molecule has 3 aromatic rings. The van der Waals surface area contributed by atoms with Crippen LogP contribution in [0.5, 0.6) is 0 Å². The highest BCUT2D eigenvalue weighted by molar-refractivity contribution is 7.89. The second-order valence-electron chi connectivity index (χ2n) is 7.20. The van der Waals surface area contributed by atoms with Crippen molar-refractivity contribution in [1.29, 1.82) is 0 Å². The first-order valence-electron chi connectivity index (χ1n) is 9.78. The number of carbonyl (C=O) groups is 1. The van der Waals surface area contributed by atoms with Gasteiger partial charge in [0, 0.05) is 20.1 Å². The molecule has 1 aromatic heterocycles. The van der Waals surface area contributed by atoms with Crippen LogP contribution in [0.4, 0.5) is 0 Å². The van der Waals surface area contributed by atoms with Crippen molar-refractivity contribution >= 4 is 26.8 Å². The van der Waals surface area contributed by atoms with Gasteiger partial charge in [-0.15, -0.1) is 0 Å². The van der Waals surface area contributed by atoms with Crippen LogP contribution in [-0.2, 0) is 21.3 Å². The molecule has 1 N–H and O–H groups in total. The van der Waals surface area contributed by atoms with Gasteiger partial charge in [0.25, 0.3) is 11.5 Å². The summed E-state index contributed by atoms with van der Waals surface area (Å²) in [4.78, 5) is 33.8. The van der Waals surface area contributed by atoms with Crippen LogP contribution in [0.25, 0.3) is 10.9 Å². The zero-order chi connectivity index (χ0) is 22.0. The zero-order valence-corrected chi connectivity index (χ0v) is 17.8. The molecule has 1 amide bonds. The molecule has 4 rings (SSSR count). The molecule has 0 spiro atoms. The van der Waals surface area contributed by atoms with E-state index in [9.17, 15) is 18.0 Å². The van der Waals surface area contributed by atoms with Crippen molar-refractivity contribution in [3.63, 3.8) is 0 Å². The Kier molecular flexibility index (Phi) is 5.86. The van der Waals surface area contributed by atoms with Crippen molar-refractivity contribution in [3.05, 3.63) is 70.3 Å². The van der Waals surface area contributed by atoms with Crippen molar-refractivity contribution in [1.82, 2.24) is 19.2 Å². The van der Waals surface area contributed by atoms with Crippen LogP contribution in [-0.4, -0.2) is 66.8 Å². The molecule has 0 atom stereocenters. The predicted octanol–water partition coefficient (Wildman–Crippen LogP) is 1.22. The van der Waals surface area contributed by atoms with E-state index in [0.717, 1.165) is 0 Å². The van der Waals surface area contributed by atoms with Gasteiger partial charge in [0.2, 0.25) is 10.0 Å². The fourth-order valence-electron chi connectivity index (χ4n) is 3.51. The van der Waals surface area contributed by atoms with Gasteiger partial charge < -0.3 is 14.6 Å². The highest BCUT2D eigenvalue weighted by Crippen LogP contribution is 2.22. The molecule has 1 aliphatic rings. The predicted molar refractivity (Wildman–Crippen MR) is 114 cm³/mol. The van der Waals surface area contributed by atoms with Crippen LogP contribution in [0.3, 0.4) is 0 Å². The lowest BCUT2D eigenvalue weighted by atomic mass is 10.2. The normalized spacial score (nSPS) is 15.1. The summed E-state index contributed by atoms with van der Waals surface area (Å²) in [6, 6.07) is 13.1. The van der Waals surface area contributed by atoms with Gasteiger partial charge in [0.05, 0.1) is 41.1 Å². The summed E-state index contributed by atoms with van der Waals surface area (Å²) in [6.45, 7) is 1.13. The monoisotopic (exact) mass is 442 g/mol. The minimum Gasteiger partial charge on any atom is -0.379 e. The first kappa shape index (κ1) is 21.2. The van der Waals surface area contributed by atoms with E-state index in [2.05, 4.69) is 9.97 Å². The maximum atomic E-state index is 13.1. The number of aromatic nitrogens is 2. The number of benzene rings is 2. The average Bonchev–Trinajstić information content (AvgIpc) is 2.79. The Morgan fingerprint density at radius 3 is 2.58 bits per heavy atom. The van der Waals surface area contributed by atoms with E-state index >= 15 is 0 Å². The summed E-state index contributed by atoms with van der Waals surface area (Å²) in [6.07, 6.45) is 0. The first-order chi connectivity index (χ1) is 14.9. The van der Waals surface area contributed by atoms with Crippen LogP contribution >= 0.6 is 0 Å². The Morgan fingerprint density at radius 2 is 1.81 bits per heavy atom. The van der Waals surface area contributed by atoms with E-state index in [1.807, 2.05) is 0 Å². The van der Waals surface area contributed by atoms with E-state index < -0.39 is 15.9 Å². The van der Waals surface area contributed by atoms with Crippen molar-refractivity contribution in [2.24, 2.45) is 0 Å². The van der Waals surface area contributed by atoms with Crippen LogP contribution in [0.2, 0.25) is 0 Å². The van der Waals surface area contributed by atoms with E-state index in [1.54, 1.807) is 36.4 Å².